The first-order valence-corrected chi connectivity index (χ1v) is 7.35. The van der Waals surface area contributed by atoms with E-state index in [1.807, 2.05) is 59.1 Å². The second-order valence-electron chi connectivity index (χ2n) is 5.53. The maximum absolute atomic E-state index is 12.8. The summed E-state index contributed by atoms with van der Waals surface area (Å²) < 4.78 is 2.01. The lowest BCUT2D eigenvalue weighted by Crippen LogP contribution is -2.04. The summed E-state index contributed by atoms with van der Waals surface area (Å²) in [7, 11) is 0. The Morgan fingerprint density at radius 3 is 2.45 bits per heavy atom. The summed E-state index contributed by atoms with van der Waals surface area (Å²) in [5.41, 5.74) is 3.66. The highest BCUT2D eigenvalue weighted by molar-refractivity contribution is 6.10. The van der Waals surface area contributed by atoms with Crippen LogP contribution in [0, 0.1) is 6.92 Å². The summed E-state index contributed by atoms with van der Waals surface area (Å²) in [6.45, 7) is 2.06. The smallest absolute Gasteiger partial charge is 0.209 e. The molecule has 2 aromatic heterocycles. The number of pyridine rings is 1. The van der Waals surface area contributed by atoms with Gasteiger partial charge in [-0.05, 0) is 30.0 Å². The molecule has 4 rings (SSSR count). The predicted molar refractivity (Wildman–Crippen MR) is 89.5 cm³/mol. The molecule has 0 saturated heterocycles. The molecular formula is C20H15NO. The number of hydrogen-bond donors (Lipinski definition) is 0. The number of carbonyl (C=O) groups is 1. The summed E-state index contributed by atoms with van der Waals surface area (Å²) in [6.07, 6.45) is 1.99. The molecule has 2 nitrogen and oxygen atoms in total. The van der Waals surface area contributed by atoms with Crippen LogP contribution in [0.15, 0.2) is 72.9 Å². The Morgan fingerprint density at radius 2 is 1.64 bits per heavy atom. The van der Waals surface area contributed by atoms with Crippen molar-refractivity contribution in [3.63, 3.8) is 0 Å². The van der Waals surface area contributed by atoms with Crippen molar-refractivity contribution in [1.82, 2.24) is 4.40 Å². The van der Waals surface area contributed by atoms with E-state index in [9.17, 15) is 4.79 Å². The molecule has 2 heterocycles. The molecule has 0 aliphatic heterocycles. The van der Waals surface area contributed by atoms with Crippen LogP contribution in [0.2, 0.25) is 0 Å². The van der Waals surface area contributed by atoms with Gasteiger partial charge in [-0.1, -0.05) is 54.6 Å². The van der Waals surface area contributed by atoms with Crippen LogP contribution in [-0.4, -0.2) is 10.2 Å². The van der Waals surface area contributed by atoms with E-state index in [0.29, 0.717) is 5.69 Å². The number of carbonyl (C=O) groups excluding carboxylic acids is 1. The summed E-state index contributed by atoms with van der Waals surface area (Å²) in [6, 6.07) is 21.7. The average molecular weight is 285 g/mol. The lowest BCUT2D eigenvalue weighted by atomic mass is 10.1. The first-order valence-electron chi connectivity index (χ1n) is 7.35. The van der Waals surface area contributed by atoms with Gasteiger partial charge in [0.15, 0.2) is 0 Å². The van der Waals surface area contributed by atoms with Gasteiger partial charge in [0.1, 0.15) is 0 Å². The van der Waals surface area contributed by atoms with Gasteiger partial charge in [-0.3, -0.25) is 4.79 Å². The number of aryl methyl sites for hydroxylation is 1. The summed E-state index contributed by atoms with van der Waals surface area (Å²) >= 11 is 0. The van der Waals surface area contributed by atoms with E-state index in [1.165, 1.54) is 10.8 Å². The summed E-state index contributed by atoms with van der Waals surface area (Å²) in [4.78, 5) is 12.8. The molecular weight excluding hydrogens is 270 g/mol. The molecule has 0 fully saturated rings. The van der Waals surface area contributed by atoms with Crippen molar-refractivity contribution in [3.05, 3.63) is 89.7 Å². The first kappa shape index (κ1) is 12.8. The maximum Gasteiger partial charge on any atom is 0.209 e. The van der Waals surface area contributed by atoms with Gasteiger partial charge in [-0.25, -0.2) is 0 Å². The minimum Gasteiger partial charge on any atom is -0.313 e. The molecule has 0 spiro atoms. The molecule has 0 aliphatic carbocycles. The molecule has 0 N–H and O–H groups in total. The third kappa shape index (κ3) is 1.85. The largest absolute Gasteiger partial charge is 0.313 e. The molecule has 0 unspecified atom stereocenters. The van der Waals surface area contributed by atoms with Gasteiger partial charge in [0.2, 0.25) is 5.78 Å². The second-order valence-corrected chi connectivity index (χ2v) is 5.53. The zero-order chi connectivity index (χ0) is 15.1. The van der Waals surface area contributed by atoms with Crippen LogP contribution in [0.25, 0.3) is 16.3 Å². The predicted octanol–water partition coefficient (Wildman–Crippen LogP) is 4.63. The molecule has 4 aromatic rings. The number of benzene rings is 2. The van der Waals surface area contributed by atoms with E-state index < -0.39 is 0 Å². The zero-order valence-electron chi connectivity index (χ0n) is 12.3. The van der Waals surface area contributed by atoms with Crippen LogP contribution in [0.4, 0.5) is 0 Å². The Morgan fingerprint density at radius 1 is 0.909 bits per heavy atom. The van der Waals surface area contributed by atoms with Crippen molar-refractivity contribution in [1.29, 1.82) is 0 Å². The monoisotopic (exact) mass is 285 g/mol. The van der Waals surface area contributed by atoms with Gasteiger partial charge >= 0.3 is 0 Å². The zero-order valence-corrected chi connectivity index (χ0v) is 12.3. The third-order valence-corrected chi connectivity index (χ3v) is 4.11. The van der Waals surface area contributed by atoms with E-state index in [-0.39, 0.29) is 5.78 Å². The molecule has 0 saturated carbocycles. The number of ketones is 1. The van der Waals surface area contributed by atoms with E-state index in [4.69, 9.17) is 0 Å². The average Bonchev–Trinajstić information content (AvgIpc) is 2.92. The molecule has 22 heavy (non-hydrogen) atoms. The lowest BCUT2D eigenvalue weighted by molar-refractivity contribution is 0.103. The van der Waals surface area contributed by atoms with E-state index >= 15 is 0 Å². The van der Waals surface area contributed by atoms with Crippen molar-refractivity contribution in [3.8, 4) is 0 Å². The highest BCUT2D eigenvalue weighted by atomic mass is 16.1. The fourth-order valence-electron chi connectivity index (χ4n) is 3.08. The van der Waals surface area contributed by atoms with Gasteiger partial charge in [0.25, 0.3) is 0 Å². The molecule has 0 bridgehead atoms. The number of rotatable bonds is 2. The van der Waals surface area contributed by atoms with E-state index in [1.54, 1.807) is 0 Å². The lowest BCUT2D eigenvalue weighted by Gasteiger charge is -2.06. The molecule has 0 amide bonds. The van der Waals surface area contributed by atoms with Crippen LogP contribution < -0.4 is 0 Å². The van der Waals surface area contributed by atoms with Crippen molar-refractivity contribution < 1.29 is 4.79 Å². The van der Waals surface area contributed by atoms with Gasteiger partial charge < -0.3 is 4.40 Å². The third-order valence-electron chi connectivity index (χ3n) is 4.11. The fraction of sp³-hybridized carbons (Fsp3) is 0.0500. The van der Waals surface area contributed by atoms with Gasteiger partial charge in [0.05, 0.1) is 11.2 Å². The highest BCUT2D eigenvalue weighted by Crippen LogP contribution is 2.26. The Balaban J connectivity index is 2.01. The SMILES string of the molecule is Cc1cc(C(=O)c2ccccc2)n2ccc3ccccc3c12. The maximum atomic E-state index is 12.8. The number of fused-ring (bicyclic) bond motifs is 3. The highest BCUT2D eigenvalue weighted by Gasteiger charge is 2.16. The molecule has 0 radical (unpaired) electrons. The number of aromatic nitrogens is 1. The van der Waals surface area contributed by atoms with Crippen molar-refractivity contribution in [2.24, 2.45) is 0 Å². The molecule has 2 heteroatoms. The minimum atomic E-state index is 0.0546. The van der Waals surface area contributed by atoms with Gasteiger partial charge in [0, 0.05) is 17.1 Å². The van der Waals surface area contributed by atoms with Crippen LogP contribution in [-0.2, 0) is 0 Å². The van der Waals surface area contributed by atoms with Gasteiger partial charge in [-0.15, -0.1) is 0 Å². The topological polar surface area (TPSA) is 21.5 Å². The van der Waals surface area contributed by atoms with Crippen molar-refractivity contribution >= 4 is 22.1 Å². The number of hydrogen-bond acceptors (Lipinski definition) is 1. The van der Waals surface area contributed by atoms with E-state index in [2.05, 4.69) is 25.1 Å². The standard InChI is InChI=1S/C20H15NO/c1-14-13-18(20(22)16-8-3-2-4-9-16)21-12-11-15-7-5-6-10-17(15)19(14)21/h2-13H,1H3. The Labute approximate surface area is 128 Å². The molecule has 0 atom stereocenters. The first-order chi connectivity index (χ1) is 10.8. The van der Waals surface area contributed by atoms with Crippen LogP contribution in [0.1, 0.15) is 21.6 Å². The fourth-order valence-corrected chi connectivity index (χ4v) is 3.08. The summed E-state index contributed by atoms with van der Waals surface area (Å²) in [5.74, 6) is 0.0546. The normalized spacial score (nSPS) is 11.1. The minimum absolute atomic E-state index is 0.0546. The number of nitrogens with zero attached hydrogens (tertiary/aromatic N) is 1. The van der Waals surface area contributed by atoms with Crippen molar-refractivity contribution in [2.75, 3.05) is 0 Å². The molecule has 106 valence electrons. The molecule has 2 aromatic carbocycles. The Hall–Kier alpha value is -2.87. The summed E-state index contributed by atoms with van der Waals surface area (Å²) in [5, 5.41) is 2.37. The van der Waals surface area contributed by atoms with Crippen LogP contribution >= 0.6 is 0 Å². The van der Waals surface area contributed by atoms with Crippen LogP contribution in [0.3, 0.4) is 0 Å². The Kier molecular flexibility index (Phi) is 2.83. The quantitative estimate of drug-likeness (QED) is 0.492. The van der Waals surface area contributed by atoms with Crippen LogP contribution in [0.5, 0.6) is 0 Å². The Bertz CT molecular complexity index is 996. The van der Waals surface area contributed by atoms with Gasteiger partial charge in [-0.2, -0.15) is 0 Å². The molecule has 0 aliphatic rings. The van der Waals surface area contributed by atoms with Crippen molar-refractivity contribution in [2.45, 2.75) is 6.92 Å². The van der Waals surface area contributed by atoms with E-state index in [0.717, 1.165) is 16.6 Å². The second kappa shape index (κ2) is 4.85.